The van der Waals surface area contributed by atoms with E-state index in [0.29, 0.717) is 37.3 Å². The largest absolute Gasteiger partial charge is 0.336 e. The molecule has 2 aromatic heterocycles. The van der Waals surface area contributed by atoms with Crippen LogP contribution >= 0.6 is 11.3 Å². The molecular weight excluding hydrogens is 396 g/mol. The first-order valence-electron chi connectivity index (χ1n) is 10.1. The maximum absolute atomic E-state index is 12.7. The molecule has 3 aromatic rings. The smallest absolute Gasteiger partial charge is 0.256 e. The summed E-state index contributed by atoms with van der Waals surface area (Å²) in [7, 11) is 0. The predicted octanol–water partition coefficient (Wildman–Crippen LogP) is 4.15. The summed E-state index contributed by atoms with van der Waals surface area (Å²) in [6.45, 7) is 7.55. The molecule has 0 radical (unpaired) electrons. The SMILES string of the molecule is CC(C)(C)c1ccc(C(=O)Nc2n[nH]c3c2CCN(C(=O)Cc2cccs2)C3)cc1. The van der Waals surface area contributed by atoms with E-state index in [2.05, 4.69) is 36.3 Å². The van der Waals surface area contributed by atoms with Gasteiger partial charge in [0.25, 0.3) is 5.91 Å². The fourth-order valence-electron chi connectivity index (χ4n) is 3.61. The Morgan fingerprint density at radius 1 is 1.20 bits per heavy atom. The van der Waals surface area contributed by atoms with Crippen molar-refractivity contribution in [2.75, 3.05) is 11.9 Å². The number of aromatic nitrogens is 2. The van der Waals surface area contributed by atoms with Gasteiger partial charge in [-0.05, 0) is 41.0 Å². The van der Waals surface area contributed by atoms with Crippen LogP contribution in [0.1, 0.15) is 52.8 Å². The molecule has 0 saturated carbocycles. The van der Waals surface area contributed by atoms with Gasteiger partial charge in [0.1, 0.15) is 0 Å². The van der Waals surface area contributed by atoms with E-state index in [1.54, 1.807) is 11.3 Å². The van der Waals surface area contributed by atoms with Gasteiger partial charge in [-0.1, -0.05) is 39.0 Å². The van der Waals surface area contributed by atoms with E-state index in [1.165, 1.54) is 5.56 Å². The van der Waals surface area contributed by atoms with E-state index in [-0.39, 0.29) is 17.2 Å². The van der Waals surface area contributed by atoms with Crippen LogP contribution in [0.5, 0.6) is 0 Å². The first-order chi connectivity index (χ1) is 14.3. The number of anilines is 1. The van der Waals surface area contributed by atoms with Crippen LogP contribution in [0.2, 0.25) is 0 Å². The van der Waals surface area contributed by atoms with Gasteiger partial charge in [0.2, 0.25) is 5.91 Å². The van der Waals surface area contributed by atoms with Crippen LogP contribution in [0.15, 0.2) is 41.8 Å². The molecule has 4 rings (SSSR count). The first-order valence-corrected chi connectivity index (χ1v) is 11.0. The summed E-state index contributed by atoms with van der Waals surface area (Å²) in [4.78, 5) is 28.2. The van der Waals surface area contributed by atoms with Gasteiger partial charge in [-0.3, -0.25) is 14.7 Å². The van der Waals surface area contributed by atoms with Crippen molar-refractivity contribution in [3.8, 4) is 0 Å². The van der Waals surface area contributed by atoms with Crippen molar-refractivity contribution in [2.24, 2.45) is 0 Å². The molecular formula is C23H26N4O2S. The number of nitrogens with one attached hydrogen (secondary N) is 2. The highest BCUT2D eigenvalue weighted by molar-refractivity contribution is 7.10. The van der Waals surface area contributed by atoms with E-state index < -0.39 is 0 Å². The summed E-state index contributed by atoms with van der Waals surface area (Å²) in [6, 6.07) is 11.6. The summed E-state index contributed by atoms with van der Waals surface area (Å²) in [5, 5.41) is 12.2. The number of carbonyl (C=O) groups is 2. The van der Waals surface area contributed by atoms with Crippen molar-refractivity contribution < 1.29 is 9.59 Å². The molecule has 1 aromatic carbocycles. The minimum absolute atomic E-state index is 0.0447. The second-order valence-corrected chi connectivity index (χ2v) is 9.66. The number of thiophene rings is 1. The fourth-order valence-corrected chi connectivity index (χ4v) is 4.31. The topological polar surface area (TPSA) is 78.1 Å². The number of aromatic amines is 1. The molecule has 0 spiro atoms. The molecule has 0 unspecified atom stereocenters. The zero-order valence-electron chi connectivity index (χ0n) is 17.5. The molecule has 30 heavy (non-hydrogen) atoms. The van der Waals surface area contributed by atoms with Gasteiger partial charge >= 0.3 is 0 Å². The summed E-state index contributed by atoms with van der Waals surface area (Å²) >= 11 is 1.60. The third kappa shape index (κ3) is 4.31. The number of hydrogen-bond donors (Lipinski definition) is 2. The lowest BCUT2D eigenvalue weighted by Crippen LogP contribution is -2.36. The van der Waals surface area contributed by atoms with E-state index >= 15 is 0 Å². The second-order valence-electron chi connectivity index (χ2n) is 8.63. The molecule has 2 N–H and O–H groups in total. The summed E-state index contributed by atoms with van der Waals surface area (Å²) in [6.07, 6.45) is 1.09. The lowest BCUT2D eigenvalue weighted by molar-refractivity contribution is -0.131. The van der Waals surface area contributed by atoms with Crippen LogP contribution in [0.3, 0.4) is 0 Å². The minimum Gasteiger partial charge on any atom is -0.336 e. The normalized spacial score (nSPS) is 13.8. The Bertz CT molecular complexity index is 1050. The van der Waals surface area contributed by atoms with Crippen LogP contribution in [-0.4, -0.2) is 33.5 Å². The number of carbonyl (C=O) groups excluding carboxylic acids is 2. The van der Waals surface area contributed by atoms with Crippen LogP contribution < -0.4 is 5.32 Å². The highest BCUT2D eigenvalue weighted by Gasteiger charge is 2.26. The Kier molecular flexibility index (Phi) is 5.47. The van der Waals surface area contributed by atoms with E-state index in [4.69, 9.17) is 0 Å². The number of benzene rings is 1. The molecule has 0 fully saturated rings. The van der Waals surface area contributed by atoms with Crippen molar-refractivity contribution in [2.45, 2.75) is 45.6 Å². The van der Waals surface area contributed by atoms with Gasteiger partial charge in [0.15, 0.2) is 5.82 Å². The fraction of sp³-hybridized carbons (Fsp3) is 0.348. The molecule has 156 valence electrons. The van der Waals surface area contributed by atoms with Gasteiger partial charge in [-0.25, -0.2) is 0 Å². The number of rotatable bonds is 4. The van der Waals surface area contributed by atoms with Crippen molar-refractivity contribution in [1.29, 1.82) is 0 Å². The van der Waals surface area contributed by atoms with Gasteiger partial charge in [0, 0.05) is 22.5 Å². The van der Waals surface area contributed by atoms with Crippen molar-refractivity contribution >= 4 is 29.0 Å². The molecule has 7 heteroatoms. The van der Waals surface area contributed by atoms with Crippen LogP contribution in [0, 0.1) is 0 Å². The summed E-state index contributed by atoms with van der Waals surface area (Å²) < 4.78 is 0. The van der Waals surface area contributed by atoms with E-state index in [0.717, 1.165) is 16.1 Å². The van der Waals surface area contributed by atoms with Gasteiger partial charge in [0.05, 0.1) is 18.7 Å². The third-order valence-electron chi connectivity index (χ3n) is 5.44. The minimum atomic E-state index is -0.180. The lowest BCUT2D eigenvalue weighted by atomic mass is 9.87. The molecule has 2 amide bonds. The van der Waals surface area contributed by atoms with Gasteiger partial charge < -0.3 is 10.2 Å². The zero-order valence-corrected chi connectivity index (χ0v) is 18.3. The Labute approximate surface area is 180 Å². The molecule has 1 aliphatic heterocycles. The number of hydrogen-bond acceptors (Lipinski definition) is 4. The van der Waals surface area contributed by atoms with Crippen molar-refractivity contribution in [3.63, 3.8) is 0 Å². The zero-order chi connectivity index (χ0) is 21.3. The third-order valence-corrected chi connectivity index (χ3v) is 6.31. The molecule has 0 bridgehead atoms. The standard InChI is InChI=1S/C23H26N4O2S/c1-23(2,3)16-8-6-15(7-9-16)22(29)24-21-18-10-11-27(14-19(18)25-26-21)20(28)13-17-5-4-12-30-17/h4-9,12H,10-11,13-14H2,1-3H3,(H2,24,25,26,29). The molecule has 3 heterocycles. The molecule has 0 saturated heterocycles. The van der Waals surface area contributed by atoms with Crippen LogP contribution in [-0.2, 0) is 29.6 Å². The monoisotopic (exact) mass is 422 g/mol. The highest BCUT2D eigenvalue weighted by Crippen LogP contribution is 2.26. The predicted molar refractivity (Wildman–Crippen MR) is 119 cm³/mol. The molecule has 6 nitrogen and oxygen atoms in total. The Hall–Kier alpha value is -2.93. The van der Waals surface area contributed by atoms with E-state index in [9.17, 15) is 9.59 Å². The molecule has 0 atom stereocenters. The average molecular weight is 423 g/mol. The maximum Gasteiger partial charge on any atom is 0.256 e. The Morgan fingerprint density at radius 2 is 1.97 bits per heavy atom. The van der Waals surface area contributed by atoms with Crippen LogP contribution in [0.25, 0.3) is 0 Å². The highest BCUT2D eigenvalue weighted by atomic mass is 32.1. The lowest BCUT2D eigenvalue weighted by Gasteiger charge is -2.26. The second kappa shape index (κ2) is 8.07. The number of nitrogens with zero attached hydrogens (tertiary/aromatic N) is 2. The molecule has 1 aliphatic rings. The van der Waals surface area contributed by atoms with Gasteiger partial charge in [-0.15, -0.1) is 11.3 Å². The number of H-pyrrole nitrogens is 1. The number of fused-ring (bicyclic) bond motifs is 1. The van der Waals surface area contributed by atoms with E-state index in [1.807, 2.05) is 46.7 Å². The summed E-state index contributed by atoms with van der Waals surface area (Å²) in [5.41, 5.74) is 3.70. The average Bonchev–Trinajstić information content (AvgIpc) is 3.37. The first kappa shape index (κ1) is 20.3. The quantitative estimate of drug-likeness (QED) is 0.663. The molecule has 0 aliphatic carbocycles. The van der Waals surface area contributed by atoms with Gasteiger partial charge in [-0.2, -0.15) is 5.10 Å². The Balaban J connectivity index is 1.41. The van der Waals surface area contributed by atoms with Crippen LogP contribution in [0.4, 0.5) is 5.82 Å². The van der Waals surface area contributed by atoms with Crippen molar-refractivity contribution in [1.82, 2.24) is 15.1 Å². The summed E-state index contributed by atoms with van der Waals surface area (Å²) in [5.74, 6) is 0.489. The Morgan fingerprint density at radius 3 is 2.63 bits per heavy atom. The maximum atomic E-state index is 12.7. The number of amides is 2. The van der Waals surface area contributed by atoms with Crippen molar-refractivity contribution in [3.05, 3.63) is 69.0 Å².